The minimum Gasteiger partial charge on any atom is -0.393 e. The molecule has 0 aromatic rings. The Morgan fingerprint density at radius 2 is 1.62 bits per heavy atom. The Bertz CT molecular complexity index is 818. The van der Waals surface area contributed by atoms with Crippen LogP contribution in [0.2, 0.25) is 0 Å². The van der Waals surface area contributed by atoms with Gasteiger partial charge in [0.1, 0.15) is 0 Å². The van der Waals surface area contributed by atoms with Crippen molar-refractivity contribution in [3.05, 3.63) is 34.9 Å². The third kappa shape index (κ3) is 3.41. The molecule has 0 heterocycles. The molecule has 0 aromatic heterocycles. The topological polar surface area (TPSA) is 60.7 Å². The summed E-state index contributed by atoms with van der Waals surface area (Å²) in [5, 5.41) is 29.1. The van der Waals surface area contributed by atoms with Crippen molar-refractivity contribution in [2.24, 2.45) is 33.5 Å². The lowest BCUT2D eigenvalue weighted by Crippen LogP contribution is -2.52. The van der Waals surface area contributed by atoms with Crippen LogP contribution in [-0.4, -0.2) is 34.6 Å². The van der Waals surface area contributed by atoms with Crippen molar-refractivity contribution in [1.82, 2.24) is 0 Å². The van der Waals surface area contributed by atoms with E-state index in [0.29, 0.717) is 11.8 Å². The molecule has 0 radical (unpaired) electrons. The Balaban J connectivity index is 1.60. The van der Waals surface area contributed by atoms with E-state index in [2.05, 4.69) is 46.8 Å². The molecule has 4 aliphatic rings. The molecule has 3 nitrogen and oxygen atoms in total. The van der Waals surface area contributed by atoms with Crippen LogP contribution in [0.3, 0.4) is 0 Å². The van der Waals surface area contributed by atoms with Crippen LogP contribution in [0.5, 0.6) is 0 Å². The molecular weight excluding hydrogens is 396 g/mol. The molecule has 0 spiro atoms. The van der Waals surface area contributed by atoms with Crippen molar-refractivity contribution >= 4 is 0 Å². The third-order valence-electron chi connectivity index (χ3n) is 11.1. The van der Waals surface area contributed by atoms with E-state index >= 15 is 0 Å². The average molecular weight is 443 g/mol. The minimum atomic E-state index is -0.143. The molecule has 2 unspecified atom stereocenters. The van der Waals surface area contributed by atoms with Gasteiger partial charge in [0.2, 0.25) is 0 Å². The quantitative estimate of drug-likeness (QED) is 0.445. The van der Waals surface area contributed by atoms with Crippen molar-refractivity contribution in [2.45, 2.75) is 98.5 Å². The van der Waals surface area contributed by atoms with Crippen molar-refractivity contribution < 1.29 is 15.3 Å². The van der Waals surface area contributed by atoms with Gasteiger partial charge in [-0.05, 0) is 108 Å². The normalized spacial score (nSPS) is 44.0. The second-order valence-electron chi connectivity index (χ2n) is 12.6. The molecule has 0 bridgehead atoms. The Hall–Kier alpha value is -0.900. The number of hydrogen-bond donors (Lipinski definition) is 3. The van der Waals surface area contributed by atoms with Gasteiger partial charge < -0.3 is 15.3 Å². The van der Waals surface area contributed by atoms with Crippen molar-refractivity contribution in [3.63, 3.8) is 0 Å². The van der Waals surface area contributed by atoms with Crippen LogP contribution in [0.15, 0.2) is 34.9 Å². The van der Waals surface area contributed by atoms with E-state index < -0.39 is 0 Å². The summed E-state index contributed by atoms with van der Waals surface area (Å²) in [5.74, 6) is 1.32. The molecule has 32 heavy (non-hydrogen) atoms. The lowest BCUT2D eigenvalue weighted by Gasteiger charge is -2.61. The van der Waals surface area contributed by atoms with E-state index in [-0.39, 0.29) is 41.0 Å². The van der Waals surface area contributed by atoms with Gasteiger partial charge in [-0.15, -0.1) is 0 Å². The van der Waals surface area contributed by atoms with Crippen LogP contribution in [0, 0.1) is 33.5 Å². The number of aliphatic hydroxyl groups excluding tert-OH is 3. The maximum atomic E-state index is 10.4. The number of rotatable bonds is 6. The number of aliphatic hydroxyl groups is 3. The second-order valence-corrected chi connectivity index (χ2v) is 12.6. The first-order valence-corrected chi connectivity index (χ1v) is 13.0. The number of allylic oxidation sites excluding steroid dienone is 5. The highest BCUT2D eigenvalue weighted by Gasteiger charge is 2.63. The maximum absolute atomic E-state index is 10.4. The lowest BCUT2D eigenvalue weighted by atomic mass is 9.43. The zero-order chi connectivity index (χ0) is 23.4. The van der Waals surface area contributed by atoms with Gasteiger partial charge in [0.25, 0.3) is 0 Å². The van der Waals surface area contributed by atoms with Crippen LogP contribution < -0.4 is 0 Å². The van der Waals surface area contributed by atoms with Crippen LogP contribution in [0.1, 0.15) is 92.4 Å². The smallest absolute Gasteiger partial charge is 0.0663 e. The third-order valence-corrected chi connectivity index (χ3v) is 11.1. The predicted molar refractivity (Wildman–Crippen MR) is 131 cm³/mol. The summed E-state index contributed by atoms with van der Waals surface area (Å²) < 4.78 is 0. The molecule has 0 aliphatic heterocycles. The Morgan fingerprint density at radius 3 is 2.31 bits per heavy atom. The van der Waals surface area contributed by atoms with E-state index in [9.17, 15) is 15.3 Å². The molecular formula is C29H46O3. The summed E-state index contributed by atoms with van der Waals surface area (Å²) in [5.41, 5.74) is 4.85. The van der Waals surface area contributed by atoms with Crippen molar-refractivity contribution in [2.75, 3.05) is 13.2 Å². The van der Waals surface area contributed by atoms with Gasteiger partial charge in [-0.25, -0.2) is 0 Å². The molecule has 0 amide bonds. The van der Waals surface area contributed by atoms with E-state index in [1.54, 1.807) is 11.1 Å². The van der Waals surface area contributed by atoms with Gasteiger partial charge in [-0.2, -0.15) is 0 Å². The zero-order valence-corrected chi connectivity index (χ0v) is 21.1. The Labute approximate surface area is 195 Å². The van der Waals surface area contributed by atoms with E-state index in [1.807, 2.05) is 6.08 Å². The monoisotopic (exact) mass is 442 g/mol. The maximum Gasteiger partial charge on any atom is 0.0663 e. The van der Waals surface area contributed by atoms with Gasteiger partial charge in [-0.1, -0.05) is 52.8 Å². The fourth-order valence-electron chi connectivity index (χ4n) is 8.40. The largest absolute Gasteiger partial charge is 0.393 e. The summed E-state index contributed by atoms with van der Waals surface area (Å²) in [6.45, 7) is 12.4. The second kappa shape index (κ2) is 8.40. The van der Waals surface area contributed by atoms with E-state index in [1.165, 1.54) is 12.8 Å². The summed E-state index contributed by atoms with van der Waals surface area (Å²) >= 11 is 0. The molecule has 4 aliphatic carbocycles. The molecule has 2 saturated carbocycles. The van der Waals surface area contributed by atoms with E-state index in [0.717, 1.165) is 50.5 Å². The van der Waals surface area contributed by atoms with Gasteiger partial charge in [0, 0.05) is 0 Å². The summed E-state index contributed by atoms with van der Waals surface area (Å²) in [7, 11) is 0. The van der Waals surface area contributed by atoms with Gasteiger partial charge in [-0.3, -0.25) is 0 Å². The Morgan fingerprint density at radius 1 is 1.00 bits per heavy atom. The first-order valence-electron chi connectivity index (χ1n) is 13.0. The highest BCUT2D eigenvalue weighted by atomic mass is 16.3. The fourth-order valence-corrected chi connectivity index (χ4v) is 8.40. The highest BCUT2D eigenvalue weighted by molar-refractivity contribution is 5.50. The van der Waals surface area contributed by atoms with Gasteiger partial charge in [0.05, 0.1) is 19.3 Å². The zero-order valence-electron chi connectivity index (χ0n) is 21.1. The molecule has 3 N–H and O–H groups in total. The number of hydrogen-bond acceptors (Lipinski definition) is 3. The molecule has 0 aromatic carbocycles. The van der Waals surface area contributed by atoms with Crippen LogP contribution in [0.4, 0.5) is 0 Å². The lowest BCUT2D eigenvalue weighted by molar-refractivity contribution is -0.0358. The first-order chi connectivity index (χ1) is 15.0. The molecule has 2 fully saturated rings. The standard InChI is InChI=1S/C29H46O3/c1-20(7-6-8-21(18-30)19-31)23-11-15-29(5)25-10-13-26(2)17-22(32)9-14-27(26,3)24(25)12-16-28(23,29)4/h8,10,12,20,22-23,30-32H,6-7,9,11,13-19H2,1-5H3/t20?,22-,23?,26+,27+,28+,29-/m0/s1. The fraction of sp³-hybridized carbons (Fsp3) is 0.793. The molecule has 4 rings (SSSR count). The molecule has 7 atom stereocenters. The average Bonchev–Trinajstić information content (AvgIpc) is 3.03. The molecule has 3 heteroatoms. The highest BCUT2D eigenvalue weighted by Crippen LogP contribution is 2.72. The van der Waals surface area contributed by atoms with Crippen LogP contribution in [0.25, 0.3) is 0 Å². The van der Waals surface area contributed by atoms with Crippen LogP contribution in [-0.2, 0) is 0 Å². The van der Waals surface area contributed by atoms with Gasteiger partial charge >= 0.3 is 0 Å². The summed E-state index contributed by atoms with van der Waals surface area (Å²) in [6, 6.07) is 0. The first kappa shape index (κ1) is 24.2. The van der Waals surface area contributed by atoms with Crippen molar-refractivity contribution in [1.29, 1.82) is 0 Å². The molecule has 0 saturated heterocycles. The van der Waals surface area contributed by atoms with Gasteiger partial charge in [0.15, 0.2) is 0 Å². The summed E-state index contributed by atoms with van der Waals surface area (Å²) in [4.78, 5) is 0. The molecule has 180 valence electrons. The van der Waals surface area contributed by atoms with E-state index in [4.69, 9.17) is 0 Å². The number of fused-ring (bicyclic) bond motifs is 5. The predicted octanol–water partition coefficient (Wildman–Crippen LogP) is 5.95. The van der Waals surface area contributed by atoms with Crippen molar-refractivity contribution in [3.8, 4) is 0 Å². The summed E-state index contributed by atoms with van der Waals surface area (Å²) in [6.07, 6.45) is 16.9. The SMILES string of the molecule is CC(CCC=C(CO)CO)C1CC[C@@]2(C)C3=CC[C@]4(C)C[C@@H](O)CC[C@]4(C)C3=CC[C@]12C. The van der Waals surface area contributed by atoms with Crippen LogP contribution >= 0.6 is 0 Å². The minimum absolute atomic E-state index is 0.0411. The Kier molecular flexibility index (Phi) is 6.36.